The van der Waals surface area contributed by atoms with Gasteiger partial charge < -0.3 is 56.8 Å². The summed E-state index contributed by atoms with van der Waals surface area (Å²) < 4.78 is 0. The molecule has 394 valence electrons. The summed E-state index contributed by atoms with van der Waals surface area (Å²) in [6.07, 6.45) is 8.29. The Kier molecular flexibility index (Phi) is 17.0. The maximum Gasteiger partial charge on any atom is 0.261 e. The lowest BCUT2D eigenvalue weighted by atomic mass is 10.1. The van der Waals surface area contributed by atoms with Gasteiger partial charge in [-0.3, -0.25) is 14.4 Å². The first kappa shape index (κ1) is 53.0. The van der Waals surface area contributed by atoms with Gasteiger partial charge in [-0.2, -0.15) is 9.97 Å². The summed E-state index contributed by atoms with van der Waals surface area (Å²) >= 11 is 6.52. The van der Waals surface area contributed by atoms with E-state index in [0.717, 1.165) is 74.9 Å². The molecule has 2 aliphatic heterocycles. The number of piperazine rings is 2. The zero-order chi connectivity index (χ0) is 53.8. The highest BCUT2D eigenvalue weighted by molar-refractivity contribution is 6.34. The molecule has 2 aromatic heterocycles. The highest BCUT2D eigenvalue weighted by Gasteiger charge is 2.21. The number of nitrogens with one attached hydrogen (secondary N) is 7. The number of para-hydroxylation sites is 5. The van der Waals surface area contributed by atoms with Crippen LogP contribution in [0.15, 0.2) is 140 Å². The van der Waals surface area contributed by atoms with Crippen LogP contribution in [0.25, 0.3) is 6.08 Å². The van der Waals surface area contributed by atoms with Gasteiger partial charge in [0.25, 0.3) is 5.91 Å². The standard InChI is InChI=1S/C58H62ClN15O3/c1-6-39-36-60-57(62-41-20-22-42(23-21-41)73-31-27-71(4)28-32-73)69-54(39)65-49-17-10-9-16-48(49)64-52(76)26-19-40-35-43(74-33-29-72(5)30-34-74)24-25-46(40)67-58-61-37-44(56(77)68-53-38(3)13-12-14-45(53)59)55(70-58)66-50-18-11-8-15-47(50)63-51(75)7-2/h7-26,35-37H,2,6,27-34H2,1,3-5H3,(H,63,75)(H,64,76)(H,68,77)(H2,60,62,65,69)(H2,61,66,67,70)/b26-19+. The van der Waals surface area contributed by atoms with E-state index < -0.39 is 11.8 Å². The molecule has 7 N–H and O–H groups in total. The third-order valence-corrected chi connectivity index (χ3v) is 13.7. The van der Waals surface area contributed by atoms with Crippen molar-refractivity contribution in [3.8, 4) is 0 Å². The zero-order valence-corrected chi connectivity index (χ0v) is 44.3. The fourth-order valence-electron chi connectivity index (χ4n) is 8.82. The lowest BCUT2D eigenvalue weighted by molar-refractivity contribution is -0.112. The minimum atomic E-state index is -0.520. The number of rotatable bonds is 18. The van der Waals surface area contributed by atoms with Crippen LogP contribution < -0.4 is 47.0 Å². The molecule has 0 atom stereocenters. The van der Waals surface area contributed by atoms with Crippen molar-refractivity contribution in [3.05, 3.63) is 168 Å². The third-order valence-electron chi connectivity index (χ3n) is 13.4. The van der Waals surface area contributed by atoms with E-state index in [1.54, 1.807) is 42.5 Å². The van der Waals surface area contributed by atoms with Crippen LogP contribution in [0.5, 0.6) is 0 Å². The second kappa shape index (κ2) is 24.7. The van der Waals surface area contributed by atoms with Gasteiger partial charge in [-0.25, -0.2) is 9.97 Å². The van der Waals surface area contributed by atoms with Crippen LogP contribution in [-0.4, -0.2) is 114 Å². The highest BCUT2D eigenvalue weighted by atomic mass is 35.5. The van der Waals surface area contributed by atoms with Gasteiger partial charge in [-0.05, 0) is 118 Å². The van der Waals surface area contributed by atoms with Crippen LogP contribution in [0.2, 0.25) is 5.02 Å². The van der Waals surface area contributed by atoms with E-state index in [2.05, 4.69) is 99.6 Å². The van der Waals surface area contributed by atoms with Crippen LogP contribution in [0.1, 0.15) is 34.0 Å². The maximum absolute atomic E-state index is 14.1. The molecule has 4 heterocycles. The Bertz CT molecular complexity index is 3280. The van der Waals surface area contributed by atoms with Gasteiger partial charge in [0.1, 0.15) is 17.2 Å². The minimum absolute atomic E-state index is 0.0989. The quantitative estimate of drug-likeness (QED) is 0.0400. The Labute approximate surface area is 453 Å². The normalized spacial score (nSPS) is 13.9. The van der Waals surface area contributed by atoms with Crippen LogP contribution >= 0.6 is 11.6 Å². The monoisotopic (exact) mass is 1050 g/mol. The molecule has 2 saturated heterocycles. The van der Waals surface area contributed by atoms with Gasteiger partial charge in [0, 0.05) is 105 Å². The van der Waals surface area contributed by atoms with Crippen molar-refractivity contribution >= 4 is 110 Å². The van der Waals surface area contributed by atoms with Crippen LogP contribution in [0.4, 0.5) is 74.7 Å². The lowest BCUT2D eigenvalue weighted by Crippen LogP contribution is -2.44. The molecule has 2 aliphatic rings. The predicted molar refractivity (Wildman–Crippen MR) is 312 cm³/mol. The first-order valence-electron chi connectivity index (χ1n) is 25.5. The largest absolute Gasteiger partial charge is 0.369 e. The van der Waals surface area contributed by atoms with Crippen molar-refractivity contribution in [1.29, 1.82) is 0 Å². The fourth-order valence-corrected chi connectivity index (χ4v) is 9.09. The second-order valence-electron chi connectivity index (χ2n) is 18.8. The average molecular weight is 1050 g/mol. The Morgan fingerprint density at radius 3 is 1.82 bits per heavy atom. The smallest absolute Gasteiger partial charge is 0.261 e. The number of aromatic nitrogens is 4. The number of carbonyl (C=O) groups excluding carboxylic acids is 3. The van der Waals surface area contributed by atoms with Crippen LogP contribution in [0, 0.1) is 6.92 Å². The molecule has 0 aliphatic carbocycles. The SMILES string of the molecule is C=CC(=O)Nc1ccccc1Nc1nc(Nc2ccc(N3CCN(C)CC3)cc2/C=C/C(=O)Nc2ccccc2Nc2nc(Nc3ccc(N4CCN(C)CC4)cc3)ncc2CC)ncc1C(=O)Nc1c(C)cccc1Cl. The number of benzene rings is 5. The maximum atomic E-state index is 14.1. The number of aryl methyl sites for hydroxylation is 2. The number of halogens is 1. The molecule has 0 unspecified atom stereocenters. The molecule has 0 saturated carbocycles. The van der Waals surface area contributed by atoms with Crippen molar-refractivity contribution in [2.75, 3.05) is 113 Å². The Balaban J connectivity index is 0.966. The number of carbonyl (C=O) groups is 3. The number of nitrogens with zero attached hydrogens (tertiary/aromatic N) is 8. The van der Waals surface area contributed by atoms with E-state index in [1.807, 2.05) is 80.7 Å². The predicted octanol–water partition coefficient (Wildman–Crippen LogP) is 10.3. The molecule has 0 radical (unpaired) electrons. The molecule has 5 aromatic carbocycles. The Morgan fingerprint density at radius 1 is 0.610 bits per heavy atom. The molecule has 18 nitrogen and oxygen atoms in total. The molecule has 77 heavy (non-hydrogen) atoms. The van der Waals surface area contributed by atoms with E-state index in [9.17, 15) is 14.4 Å². The van der Waals surface area contributed by atoms with Crippen molar-refractivity contribution in [3.63, 3.8) is 0 Å². The van der Waals surface area contributed by atoms with Crippen molar-refractivity contribution in [2.24, 2.45) is 0 Å². The average Bonchev–Trinajstić information content (AvgIpc) is 3.43. The van der Waals surface area contributed by atoms with Gasteiger partial charge in [0.15, 0.2) is 0 Å². The van der Waals surface area contributed by atoms with E-state index in [0.29, 0.717) is 62.9 Å². The molecule has 0 bridgehead atoms. The molecule has 9 rings (SSSR count). The van der Waals surface area contributed by atoms with Crippen molar-refractivity contribution in [1.82, 2.24) is 29.7 Å². The van der Waals surface area contributed by atoms with Gasteiger partial charge >= 0.3 is 0 Å². The minimum Gasteiger partial charge on any atom is -0.369 e. The van der Waals surface area contributed by atoms with E-state index in [4.69, 9.17) is 21.6 Å². The van der Waals surface area contributed by atoms with E-state index in [-0.39, 0.29) is 23.2 Å². The third kappa shape index (κ3) is 13.5. The van der Waals surface area contributed by atoms with Gasteiger partial charge in [0.2, 0.25) is 23.7 Å². The number of hydrogen-bond acceptors (Lipinski definition) is 15. The molecule has 19 heteroatoms. The number of anilines is 13. The van der Waals surface area contributed by atoms with E-state index >= 15 is 0 Å². The van der Waals surface area contributed by atoms with Gasteiger partial charge in [-0.15, -0.1) is 0 Å². The molecule has 2 fully saturated rings. The topological polar surface area (TPSA) is 200 Å². The van der Waals surface area contributed by atoms with Crippen molar-refractivity contribution in [2.45, 2.75) is 20.3 Å². The fraction of sp³-hybridized carbons (Fsp3) is 0.224. The highest BCUT2D eigenvalue weighted by Crippen LogP contribution is 2.33. The molecule has 3 amide bonds. The summed E-state index contributed by atoms with van der Waals surface area (Å²) in [6, 6.07) is 34.1. The van der Waals surface area contributed by atoms with Crippen LogP contribution in [0.3, 0.4) is 0 Å². The number of amides is 3. The molecular formula is C58H62ClN15O3. The number of likely N-dealkylation sites (N-methyl/N-ethyl adjacent to an activating group) is 2. The van der Waals surface area contributed by atoms with Crippen LogP contribution in [-0.2, 0) is 16.0 Å². The summed E-state index contributed by atoms with van der Waals surface area (Å²) in [5, 5.41) is 22.6. The summed E-state index contributed by atoms with van der Waals surface area (Å²) in [6.45, 7) is 15.0. The lowest BCUT2D eigenvalue weighted by Gasteiger charge is -2.34. The molecule has 7 aromatic rings. The molecule has 0 spiro atoms. The van der Waals surface area contributed by atoms with Crippen molar-refractivity contribution < 1.29 is 14.4 Å². The van der Waals surface area contributed by atoms with E-state index in [1.165, 1.54) is 24.0 Å². The first-order chi connectivity index (χ1) is 37.4. The second-order valence-corrected chi connectivity index (χ2v) is 19.2. The number of hydrogen-bond donors (Lipinski definition) is 7. The van der Waals surface area contributed by atoms with Gasteiger partial charge in [0.05, 0.1) is 33.5 Å². The Morgan fingerprint density at radius 2 is 1.18 bits per heavy atom. The summed E-state index contributed by atoms with van der Waals surface area (Å²) in [5.41, 5.74) is 8.61. The molecular weight excluding hydrogens is 990 g/mol. The summed E-state index contributed by atoms with van der Waals surface area (Å²) in [4.78, 5) is 68.7. The van der Waals surface area contributed by atoms with Gasteiger partial charge in [-0.1, -0.05) is 61.5 Å². The Hall–Kier alpha value is -8.84. The zero-order valence-electron chi connectivity index (χ0n) is 43.5. The summed E-state index contributed by atoms with van der Waals surface area (Å²) in [7, 11) is 4.26. The first-order valence-corrected chi connectivity index (χ1v) is 25.9. The summed E-state index contributed by atoms with van der Waals surface area (Å²) in [5.74, 6) is 0.0215.